The van der Waals surface area contributed by atoms with E-state index in [2.05, 4.69) is 9.97 Å². The summed E-state index contributed by atoms with van der Waals surface area (Å²) < 4.78 is 19.4. The van der Waals surface area contributed by atoms with Crippen molar-refractivity contribution in [3.63, 3.8) is 0 Å². The minimum absolute atomic E-state index is 0.0788. The van der Waals surface area contributed by atoms with Gasteiger partial charge in [-0.3, -0.25) is 4.79 Å². The quantitative estimate of drug-likeness (QED) is 0.776. The normalized spacial score (nSPS) is 22.5. The van der Waals surface area contributed by atoms with Crippen molar-refractivity contribution in [2.24, 2.45) is 0 Å². The van der Waals surface area contributed by atoms with Gasteiger partial charge in [0.05, 0.1) is 25.5 Å². The Balaban J connectivity index is 1.79. The number of rotatable bonds is 2. The Kier molecular flexibility index (Phi) is 5.10. The van der Waals surface area contributed by atoms with Crippen LogP contribution in [0.15, 0.2) is 6.20 Å². The number of aromatic nitrogens is 2. The number of aliphatic hydroxyl groups is 1. The van der Waals surface area contributed by atoms with E-state index in [1.807, 2.05) is 4.90 Å². The fourth-order valence-corrected chi connectivity index (χ4v) is 2.96. The maximum Gasteiger partial charge on any atom is 0.227 e. The minimum atomic E-state index is -0.697. The number of anilines is 2. The van der Waals surface area contributed by atoms with Crippen LogP contribution in [-0.4, -0.2) is 84.5 Å². The van der Waals surface area contributed by atoms with Crippen LogP contribution in [0.3, 0.4) is 0 Å². The number of hydrogen-bond donors (Lipinski definition) is 1. The van der Waals surface area contributed by atoms with Crippen LogP contribution in [0.5, 0.6) is 0 Å². The van der Waals surface area contributed by atoms with E-state index in [9.17, 15) is 14.3 Å². The first-order valence-electron chi connectivity index (χ1n) is 8.08. The standard InChI is InChI=1S/C15H22FN5O3/c1-11(22)20-2-3-21(10-12(23)9-20)15-17-8-13(16)14(18-15)19-4-6-24-7-5-19/h8,12,23H,2-7,9-10H2,1H3/t12-/m0/s1. The number of carbonyl (C=O) groups excluding carboxylic acids is 1. The van der Waals surface area contributed by atoms with Crippen molar-refractivity contribution in [1.29, 1.82) is 0 Å². The van der Waals surface area contributed by atoms with E-state index in [4.69, 9.17) is 4.74 Å². The Bertz CT molecular complexity index is 596. The molecule has 1 atom stereocenters. The Hall–Kier alpha value is -2.00. The molecule has 0 bridgehead atoms. The van der Waals surface area contributed by atoms with Gasteiger partial charge in [0.1, 0.15) is 0 Å². The van der Waals surface area contributed by atoms with Gasteiger partial charge in [0.2, 0.25) is 11.9 Å². The Morgan fingerprint density at radius 2 is 2.00 bits per heavy atom. The fraction of sp³-hybridized carbons (Fsp3) is 0.667. The largest absolute Gasteiger partial charge is 0.389 e. The maximum absolute atomic E-state index is 14.1. The van der Waals surface area contributed by atoms with Crippen LogP contribution in [-0.2, 0) is 9.53 Å². The third kappa shape index (κ3) is 3.73. The Labute approximate surface area is 139 Å². The summed E-state index contributed by atoms with van der Waals surface area (Å²) in [6.45, 7) is 5.26. The predicted octanol–water partition coefficient (Wildman–Crippen LogP) is -0.518. The van der Waals surface area contributed by atoms with Crippen molar-refractivity contribution in [2.45, 2.75) is 13.0 Å². The highest BCUT2D eigenvalue weighted by Gasteiger charge is 2.25. The summed E-state index contributed by atoms with van der Waals surface area (Å²) in [6, 6.07) is 0. The van der Waals surface area contributed by atoms with E-state index >= 15 is 0 Å². The molecule has 3 rings (SSSR count). The minimum Gasteiger partial charge on any atom is -0.389 e. The van der Waals surface area contributed by atoms with Gasteiger partial charge in [-0.1, -0.05) is 0 Å². The van der Waals surface area contributed by atoms with Gasteiger partial charge in [-0.2, -0.15) is 4.98 Å². The summed E-state index contributed by atoms with van der Waals surface area (Å²) in [5.41, 5.74) is 0. The number of ether oxygens (including phenoxy) is 1. The summed E-state index contributed by atoms with van der Waals surface area (Å²) in [4.78, 5) is 25.2. The number of halogens is 1. The summed E-state index contributed by atoms with van der Waals surface area (Å²) in [5.74, 6) is 0.0686. The van der Waals surface area contributed by atoms with Crippen LogP contribution in [0.4, 0.5) is 16.2 Å². The predicted molar refractivity (Wildman–Crippen MR) is 85.5 cm³/mol. The zero-order valence-electron chi connectivity index (χ0n) is 13.7. The van der Waals surface area contributed by atoms with E-state index in [0.29, 0.717) is 51.9 Å². The molecule has 0 saturated carbocycles. The number of aliphatic hydroxyl groups excluding tert-OH is 1. The lowest BCUT2D eigenvalue weighted by Crippen LogP contribution is -2.38. The number of carbonyl (C=O) groups is 1. The van der Waals surface area contributed by atoms with Gasteiger partial charge < -0.3 is 24.5 Å². The van der Waals surface area contributed by atoms with Gasteiger partial charge in [-0.05, 0) is 0 Å². The van der Waals surface area contributed by atoms with Crippen molar-refractivity contribution in [3.8, 4) is 0 Å². The summed E-state index contributed by atoms with van der Waals surface area (Å²) in [7, 11) is 0. The summed E-state index contributed by atoms with van der Waals surface area (Å²) >= 11 is 0. The number of morpholine rings is 1. The molecular weight excluding hydrogens is 317 g/mol. The van der Waals surface area contributed by atoms with Crippen LogP contribution in [0, 0.1) is 5.82 Å². The van der Waals surface area contributed by atoms with Crippen molar-refractivity contribution in [3.05, 3.63) is 12.0 Å². The number of nitrogens with zero attached hydrogens (tertiary/aromatic N) is 5. The molecule has 1 aromatic heterocycles. The molecule has 132 valence electrons. The van der Waals surface area contributed by atoms with Crippen molar-refractivity contribution < 1.29 is 19.0 Å². The molecule has 0 radical (unpaired) electrons. The highest BCUT2D eigenvalue weighted by atomic mass is 19.1. The van der Waals surface area contributed by atoms with Crippen molar-refractivity contribution in [2.75, 3.05) is 62.3 Å². The van der Waals surface area contributed by atoms with Crippen LogP contribution in [0.25, 0.3) is 0 Å². The summed E-state index contributed by atoms with van der Waals surface area (Å²) in [5, 5.41) is 10.1. The topological polar surface area (TPSA) is 82.0 Å². The lowest BCUT2D eigenvalue weighted by atomic mass is 10.3. The second-order valence-corrected chi connectivity index (χ2v) is 6.01. The van der Waals surface area contributed by atoms with E-state index in [-0.39, 0.29) is 18.3 Å². The average molecular weight is 339 g/mol. The molecule has 2 fully saturated rings. The van der Waals surface area contributed by atoms with Gasteiger partial charge in [0.25, 0.3) is 0 Å². The molecule has 1 aromatic rings. The first-order chi connectivity index (χ1) is 11.5. The second-order valence-electron chi connectivity index (χ2n) is 6.01. The van der Waals surface area contributed by atoms with Gasteiger partial charge in [-0.25, -0.2) is 9.37 Å². The van der Waals surface area contributed by atoms with Crippen LogP contribution < -0.4 is 9.80 Å². The summed E-state index contributed by atoms with van der Waals surface area (Å²) in [6.07, 6.45) is 0.463. The van der Waals surface area contributed by atoms with Crippen molar-refractivity contribution in [1.82, 2.24) is 14.9 Å². The highest BCUT2D eigenvalue weighted by Crippen LogP contribution is 2.21. The van der Waals surface area contributed by atoms with E-state index in [0.717, 1.165) is 6.20 Å². The molecular formula is C15H22FN5O3. The molecule has 1 amide bonds. The number of hydrogen-bond acceptors (Lipinski definition) is 7. The monoisotopic (exact) mass is 339 g/mol. The van der Waals surface area contributed by atoms with E-state index in [1.165, 1.54) is 6.92 Å². The van der Waals surface area contributed by atoms with Gasteiger partial charge >= 0.3 is 0 Å². The fourth-order valence-electron chi connectivity index (χ4n) is 2.96. The van der Waals surface area contributed by atoms with Gasteiger partial charge in [0, 0.05) is 46.2 Å². The average Bonchev–Trinajstić information content (AvgIpc) is 2.78. The van der Waals surface area contributed by atoms with Gasteiger partial charge in [-0.15, -0.1) is 0 Å². The molecule has 0 unspecified atom stereocenters. The van der Waals surface area contributed by atoms with Gasteiger partial charge in [0.15, 0.2) is 11.6 Å². The first kappa shape index (κ1) is 16.8. The van der Waals surface area contributed by atoms with Crippen LogP contribution in [0.2, 0.25) is 0 Å². The first-order valence-corrected chi connectivity index (χ1v) is 8.08. The van der Waals surface area contributed by atoms with Crippen molar-refractivity contribution >= 4 is 17.7 Å². The van der Waals surface area contributed by atoms with Crippen LogP contribution in [0.1, 0.15) is 6.92 Å². The SMILES string of the molecule is CC(=O)N1CCN(c2ncc(F)c(N3CCOCC3)n2)C[C@@H](O)C1. The zero-order chi connectivity index (χ0) is 17.1. The maximum atomic E-state index is 14.1. The molecule has 2 saturated heterocycles. The molecule has 2 aliphatic heterocycles. The van der Waals surface area contributed by atoms with Crippen LogP contribution >= 0.6 is 0 Å². The molecule has 0 spiro atoms. The molecule has 9 heteroatoms. The van der Waals surface area contributed by atoms with E-state index < -0.39 is 11.9 Å². The van der Waals surface area contributed by atoms with E-state index in [1.54, 1.807) is 9.80 Å². The second kappa shape index (κ2) is 7.27. The lowest BCUT2D eigenvalue weighted by Gasteiger charge is -2.29. The Morgan fingerprint density at radius 3 is 2.71 bits per heavy atom. The third-order valence-electron chi connectivity index (χ3n) is 4.25. The lowest BCUT2D eigenvalue weighted by molar-refractivity contribution is -0.129. The Morgan fingerprint density at radius 1 is 1.25 bits per heavy atom. The molecule has 0 aliphatic carbocycles. The third-order valence-corrected chi connectivity index (χ3v) is 4.25. The number of β-amino-alcohol motifs (C(OH)–C–C–N with tert-alkyl or cyclic N) is 1. The highest BCUT2D eigenvalue weighted by molar-refractivity contribution is 5.73. The molecule has 2 aliphatic rings. The molecule has 0 aromatic carbocycles. The molecule has 3 heterocycles. The molecule has 8 nitrogen and oxygen atoms in total. The smallest absolute Gasteiger partial charge is 0.227 e. The number of amides is 1. The molecule has 24 heavy (non-hydrogen) atoms. The zero-order valence-corrected chi connectivity index (χ0v) is 13.7. The molecule has 1 N–H and O–H groups in total.